The number of nitrogens with one attached hydrogen (secondary N) is 1. The van der Waals surface area contributed by atoms with Gasteiger partial charge in [0, 0.05) is 19.6 Å². The molecule has 0 aromatic heterocycles. The van der Waals surface area contributed by atoms with Crippen molar-refractivity contribution in [3.8, 4) is 11.8 Å². The summed E-state index contributed by atoms with van der Waals surface area (Å²) in [6.45, 7) is 8.75. The molecule has 2 aliphatic heterocycles. The average Bonchev–Trinajstić information content (AvgIpc) is 3.23. The standard InChI is InChI=1S/C19H33N3O2/c1-2-3-4-5-11-20-19(23)24-18-10-16-22(17-18)15-9-8-14-21-12-6-7-13-21/h18H,2-7,10-17H2,1H3,(H,20,23). The lowest BCUT2D eigenvalue weighted by molar-refractivity contribution is 0.101. The first-order chi connectivity index (χ1) is 11.8. The van der Waals surface area contributed by atoms with E-state index in [1.807, 2.05) is 0 Å². The van der Waals surface area contributed by atoms with E-state index in [4.69, 9.17) is 4.74 Å². The van der Waals surface area contributed by atoms with Gasteiger partial charge in [0.15, 0.2) is 0 Å². The Morgan fingerprint density at radius 1 is 1.08 bits per heavy atom. The van der Waals surface area contributed by atoms with Crippen molar-refractivity contribution in [3.63, 3.8) is 0 Å². The average molecular weight is 335 g/mol. The highest BCUT2D eigenvalue weighted by molar-refractivity contribution is 5.67. The fourth-order valence-electron chi connectivity index (χ4n) is 3.25. The van der Waals surface area contributed by atoms with Crippen LogP contribution in [0, 0.1) is 11.8 Å². The van der Waals surface area contributed by atoms with Crippen LogP contribution in [-0.4, -0.2) is 67.8 Å². The molecule has 2 aliphatic rings. The summed E-state index contributed by atoms with van der Waals surface area (Å²) in [6, 6.07) is 0. The van der Waals surface area contributed by atoms with Crippen molar-refractivity contribution in [1.82, 2.24) is 15.1 Å². The second-order valence-electron chi connectivity index (χ2n) is 6.88. The Kier molecular flexibility index (Phi) is 9.01. The molecule has 2 heterocycles. The maximum absolute atomic E-state index is 11.8. The minimum Gasteiger partial charge on any atom is -0.445 e. The Bertz CT molecular complexity index is 424. The molecule has 0 bridgehead atoms. The number of carbonyl (C=O) groups is 1. The van der Waals surface area contributed by atoms with Gasteiger partial charge >= 0.3 is 6.09 Å². The molecule has 1 unspecified atom stereocenters. The van der Waals surface area contributed by atoms with Gasteiger partial charge in [0.1, 0.15) is 6.10 Å². The van der Waals surface area contributed by atoms with E-state index in [2.05, 4.69) is 33.9 Å². The summed E-state index contributed by atoms with van der Waals surface area (Å²) in [5.74, 6) is 6.53. The maximum atomic E-state index is 11.8. The zero-order chi connectivity index (χ0) is 17.0. The Balaban J connectivity index is 1.52. The molecule has 1 atom stereocenters. The zero-order valence-electron chi connectivity index (χ0n) is 15.2. The number of ether oxygens (including phenoxy) is 1. The van der Waals surface area contributed by atoms with Crippen molar-refractivity contribution in [2.45, 2.75) is 58.0 Å². The smallest absolute Gasteiger partial charge is 0.407 e. The lowest BCUT2D eigenvalue weighted by Crippen LogP contribution is -2.31. The molecular formula is C19H33N3O2. The van der Waals surface area contributed by atoms with Crippen LogP contribution in [0.25, 0.3) is 0 Å². The fraction of sp³-hybridized carbons (Fsp3) is 0.842. The minimum atomic E-state index is -0.265. The van der Waals surface area contributed by atoms with Crippen LogP contribution in [0.4, 0.5) is 4.79 Å². The van der Waals surface area contributed by atoms with Gasteiger partial charge in [0.25, 0.3) is 0 Å². The van der Waals surface area contributed by atoms with Gasteiger partial charge in [-0.3, -0.25) is 9.80 Å². The lowest BCUT2D eigenvalue weighted by atomic mass is 10.2. The molecule has 0 aromatic carbocycles. The molecule has 24 heavy (non-hydrogen) atoms. The number of hydrogen-bond acceptors (Lipinski definition) is 4. The van der Waals surface area contributed by atoms with E-state index in [0.29, 0.717) is 0 Å². The number of unbranched alkanes of at least 4 members (excludes halogenated alkanes) is 3. The van der Waals surface area contributed by atoms with Gasteiger partial charge in [-0.1, -0.05) is 38.0 Å². The number of carbonyl (C=O) groups excluding carboxylic acids is 1. The van der Waals surface area contributed by atoms with Crippen molar-refractivity contribution in [2.75, 3.05) is 45.8 Å². The van der Waals surface area contributed by atoms with E-state index in [1.54, 1.807) is 0 Å². The second kappa shape index (κ2) is 11.3. The minimum absolute atomic E-state index is 0.0148. The highest BCUT2D eigenvalue weighted by Gasteiger charge is 2.24. The summed E-state index contributed by atoms with van der Waals surface area (Å²) in [5.41, 5.74) is 0. The molecule has 0 spiro atoms. The lowest BCUT2D eigenvalue weighted by Gasteiger charge is -2.14. The van der Waals surface area contributed by atoms with Crippen LogP contribution < -0.4 is 5.32 Å². The van der Waals surface area contributed by atoms with Gasteiger partial charge < -0.3 is 10.1 Å². The van der Waals surface area contributed by atoms with Crippen LogP contribution >= 0.6 is 0 Å². The Labute approximate surface area is 147 Å². The van der Waals surface area contributed by atoms with Crippen LogP contribution in [0.15, 0.2) is 0 Å². The molecule has 2 saturated heterocycles. The normalized spacial score (nSPS) is 21.5. The van der Waals surface area contributed by atoms with Crippen LogP contribution in [0.2, 0.25) is 0 Å². The molecule has 0 aromatic rings. The molecule has 5 heteroatoms. The summed E-state index contributed by atoms with van der Waals surface area (Å²) < 4.78 is 5.49. The second-order valence-corrected chi connectivity index (χ2v) is 6.88. The number of alkyl carbamates (subject to hydrolysis) is 1. The van der Waals surface area contributed by atoms with E-state index in [-0.39, 0.29) is 12.2 Å². The van der Waals surface area contributed by atoms with Gasteiger partial charge in [0.05, 0.1) is 13.1 Å². The zero-order valence-corrected chi connectivity index (χ0v) is 15.2. The number of hydrogen-bond donors (Lipinski definition) is 1. The third-order valence-electron chi connectivity index (χ3n) is 4.73. The molecule has 0 aliphatic carbocycles. The van der Waals surface area contributed by atoms with Gasteiger partial charge in [-0.15, -0.1) is 0 Å². The molecule has 1 N–H and O–H groups in total. The van der Waals surface area contributed by atoms with Gasteiger partial charge in [-0.2, -0.15) is 0 Å². The number of amides is 1. The first-order valence-corrected chi connectivity index (χ1v) is 9.63. The molecule has 1 amide bonds. The predicted octanol–water partition coefficient (Wildman–Crippen LogP) is 2.47. The Hall–Kier alpha value is -1.25. The SMILES string of the molecule is CCCCCCNC(=O)OC1CCN(CC#CCN2CCCC2)C1. The Morgan fingerprint density at radius 3 is 2.58 bits per heavy atom. The third-order valence-corrected chi connectivity index (χ3v) is 4.73. The summed E-state index contributed by atoms with van der Waals surface area (Å²) >= 11 is 0. The summed E-state index contributed by atoms with van der Waals surface area (Å²) in [4.78, 5) is 16.4. The van der Waals surface area contributed by atoms with Crippen molar-refractivity contribution in [2.24, 2.45) is 0 Å². The van der Waals surface area contributed by atoms with Crippen LogP contribution in [-0.2, 0) is 4.74 Å². The van der Waals surface area contributed by atoms with Crippen molar-refractivity contribution in [1.29, 1.82) is 0 Å². The highest BCUT2D eigenvalue weighted by atomic mass is 16.6. The van der Waals surface area contributed by atoms with E-state index in [0.717, 1.165) is 45.6 Å². The van der Waals surface area contributed by atoms with Crippen LogP contribution in [0.5, 0.6) is 0 Å². The largest absolute Gasteiger partial charge is 0.445 e. The summed E-state index contributed by atoms with van der Waals surface area (Å²) in [7, 11) is 0. The van der Waals surface area contributed by atoms with E-state index in [9.17, 15) is 4.79 Å². The molecule has 136 valence electrons. The van der Waals surface area contributed by atoms with Crippen molar-refractivity contribution < 1.29 is 9.53 Å². The molecule has 0 radical (unpaired) electrons. The van der Waals surface area contributed by atoms with Crippen LogP contribution in [0.1, 0.15) is 51.9 Å². The molecule has 2 fully saturated rings. The number of nitrogens with zero attached hydrogens (tertiary/aromatic N) is 2. The maximum Gasteiger partial charge on any atom is 0.407 e. The van der Waals surface area contributed by atoms with Crippen LogP contribution in [0.3, 0.4) is 0 Å². The first-order valence-electron chi connectivity index (χ1n) is 9.63. The van der Waals surface area contributed by atoms with E-state index >= 15 is 0 Å². The Morgan fingerprint density at radius 2 is 1.83 bits per heavy atom. The molecule has 5 nitrogen and oxygen atoms in total. The van der Waals surface area contributed by atoms with E-state index in [1.165, 1.54) is 45.2 Å². The van der Waals surface area contributed by atoms with E-state index < -0.39 is 0 Å². The van der Waals surface area contributed by atoms with Crippen molar-refractivity contribution >= 4 is 6.09 Å². The predicted molar refractivity (Wildman–Crippen MR) is 96.9 cm³/mol. The van der Waals surface area contributed by atoms with Gasteiger partial charge in [-0.25, -0.2) is 4.79 Å². The molecular weight excluding hydrogens is 302 g/mol. The summed E-state index contributed by atoms with van der Waals surface area (Å²) in [5, 5.41) is 2.85. The quantitative estimate of drug-likeness (QED) is 0.547. The first kappa shape index (κ1) is 19.1. The van der Waals surface area contributed by atoms with Gasteiger partial charge in [-0.05, 0) is 38.8 Å². The molecule has 2 rings (SSSR count). The fourth-order valence-corrected chi connectivity index (χ4v) is 3.25. The summed E-state index contributed by atoms with van der Waals surface area (Å²) in [6.07, 6.45) is 7.93. The molecule has 0 saturated carbocycles. The topological polar surface area (TPSA) is 44.8 Å². The third kappa shape index (κ3) is 7.55. The highest BCUT2D eigenvalue weighted by Crippen LogP contribution is 2.12. The number of rotatable bonds is 8. The monoisotopic (exact) mass is 335 g/mol. The van der Waals surface area contributed by atoms with Crippen molar-refractivity contribution in [3.05, 3.63) is 0 Å². The van der Waals surface area contributed by atoms with Gasteiger partial charge in [0.2, 0.25) is 0 Å². The number of likely N-dealkylation sites (tertiary alicyclic amines) is 2.